The van der Waals surface area contributed by atoms with Gasteiger partial charge in [-0.3, -0.25) is 47.9 Å². The van der Waals surface area contributed by atoms with Gasteiger partial charge in [0.05, 0.1) is 12.1 Å². The molecule has 84 heavy (non-hydrogen) atoms. The van der Waals surface area contributed by atoms with E-state index in [1.165, 1.54) is 6.92 Å². The third-order valence-electron chi connectivity index (χ3n) is 14.7. The number of nitrogens with one attached hydrogen (secondary N) is 9. The van der Waals surface area contributed by atoms with Crippen LogP contribution in [0.2, 0.25) is 0 Å². The van der Waals surface area contributed by atoms with Crippen LogP contribution in [0.25, 0.3) is 0 Å². The summed E-state index contributed by atoms with van der Waals surface area (Å²) >= 11 is 0. The highest BCUT2D eigenvalue weighted by Crippen LogP contribution is 2.17. The van der Waals surface area contributed by atoms with Crippen molar-refractivity contribution < 1.29 is 68.1 Å². The molecular formula is C60H102N10O14. The molecule has 24 heteroatoms. The van der Waals surface area contributed by atoms with Gasteiger partial charge in [0, 0.05) is 12.8 Å². The number of carbonyl (C=O) groups excluding carboxylic acids is 9. The minimum atomic E-state index is -1.70. The summed E-state index contributed by atoms with van der Waals surface area (Å²) in [6.45, 7) is 26.5. The molecule has 14 N–H and O–H groups in total. The van der Waals surface area contributed by atoms with Gasteiger partial charge >= 0.3 is 11.9 Å². The predicted molar refractivity (Wildman–Crippen MR) is 318 cm³/mol. The molecule has 14 atom stereocenters. The van der Waals surface area contributed by atoms with Crippen molar-refractivity contribution in [1.82, 2.24) is 47.9 Å². The molecule has 1 aromatic rings. The Hall–Kier alpha value is -6.69. The van der Waals surface area contributed by atoms with Crippen molar-refractivity contribution in [3.8, 4) is 0 Å². The fourth-order valence-electron chi connectivity index (χ4n) is 9.08. The SMILES string of the molecule is CC[C@H](C)[C@H](N)C(=O)N[C@@H](CC(C)C)C(=O)N[C@H](C(=O)N[C@@H](CC(C)C)C(=O)N[C@@H](CC(C)C)C(=O)N[C@H](C(=O)N[C@H](C(=O)N[C@@H](CC(C)C)C(=O)N[C@@H](CCC(=O)O)C(=O)N[C@@H](Cc1ccccc1)C(=O)O)[C@@H](C)CC)[C@@H](C)O)[C@@H](C)CC. The average molecular weight is 1190 g/mol. The summed E-state index contributed by atoms with van der Waals surface area (Å²) in [5.74, 6) is -11.7. The largest absolute Gasteiger partial charge is 0.481 e. The summed E-state index contributed by atoms with van der Waals surface area (Å²) in [6.07, 6.45) is -0.916. The highest BCUT2D eigenvalue weighted by molar-refractivity contribution is 5.99. The van der Waals surface area contributed by atoms with E-state index in [0.29, 0.717) is 24.8 Å². The number of carbonyl (C=O) groups is 11. The fraction of sp³-hybridized carbons (Fsp3) is 0.717. The average Bonchev–Trinajstić information content (AvgIpc) is 3.49. The number of aliphatic carboxylic acids is 2. The predicted octanol–water partition coefficient (Wildman–Crippen LogP) is 2.57. The van der Waals surface area contributed by atoms with Gasteiger partial charge in [0.15, 0.2) is 0 Å². The summed E-state index contributed by atoms with van der Waals surface area (Å²) in [5.41, 5.74) is 6.79. The van der Waals surface area contributed by atoms with Crippen molar-refractivity contribution in [1.29, 1.82) is 0 Å². The van der Waals surface area contributed by atoms with E-state index in [2.05, 4.69) is 47.9 Å². The molecule has 24 nitrogen and oxygen atoms in total. The van der Waals surface area contributed by atoms with Crippen molar-refractivity contribution in [2.24, 2.45) is 47.2 Å². The topological polar surface area (TPSA) is 383 Å². The summed E-state index contributed by atoms with van der Waals surface area (Å²) in [5, 5.41) is 54.3. The van der Waals surface area contributed by atoms with Gasteiger partial charge in [0.25, 0.3) is 0 Å². The van der Waals surface area contributed by atoms with Crippen molar-refractivity contribution in [2.75, 3.05) is 0 Å². The second-order valence-electron chi connectivity index (χ2n) is 24.2. The van der Waals surface area contributed by atoms with Gasteiger partial charge in [-0.25, -0.2) is 4.79 Å². The van der Waals surface area contributed by atoms with E-state index in [9.17, 15) is 68.1 Å². The van der Waals surface area contributed by atoms with E-state index >= 15 is 0 Å². The van der Waals surface area contributed by atoms with Crippen LogP contribution < -0.4 is 53.6 Å². The Bertz CT molecular complexity index is 2320. The Kier molecular flexibility index (Phi) is 33.7. The lowest BCUT2D eigenvalue weighted by atomic mass is 9.95. The minimum Gasteiger partial charge on any atom is -0.481 e. The standard InChI is InChI=1S/C60H102N10O14/c1-16-35(12)47(61)56(79)64-44(29-34(10)11)54(77)68-48(36(13)17-2)57(80)66-42(27-32(6)7)53(76)63-43(28-33(8)9)55(78)70-50(38(15)71)59(82)69-49(37(14)18-3)58(81)65-41(26-31(4)5)52(75)62-40(24-25-46(72)73)51(74)67-45(60(83)84)30-39-22-20-19-21-23-39/h19-23,31-38,40-45,47-50,71H,16-18,24-30,61H2,1-15H3,(H,62,75)(H,63,76)(H,64,79)(H,65,81)(H,66,80)(H,67,74)(H,68,77)(H,69,82)(H,70,78)(H,72,73)(H,83,84)/t35-,36-,37-,38+,40-,41-,42-,43-,44-,45-,47-,48-,49-,50-/m0/s1. The monoisotopic (exact) mass is 1190 g/mol. The first-order valence-corrected chi connectivity index (χ1v) is 29.8. The Balaban J connectivity index is 3.50. The first-order valence-electron chi connectivity index (χ1n) is 29.8. The maximum Gasteiger partial charge on any atom is 0.326 e. The molecule has 0 saturated carbocycles. The van der Waals surface area contributed by atoms with Gasteiger partial charge in [-0.05, 0) is 86.0 Å². The molecule has 1 rings (SSSR count). The van der Waals surface area contributed by atoms with Gasteiger partial charge in [-0.1, -0.05) is 147 Å². The van der Waals surface area contributed by atoms with Crippen molar-refractivity contribution in [3.63, 3.8) is 0 Å². The summed E-state index contributed by atoms with van der Waals surface area (Å²) < 4.78 is 0. The molecule has 1 aromatic carbocycles. The second-order valence-corrected chi connectivity index (χ2v) is 24.2. The Morgan fingerprint density at radius 3 is 1.07 bits per heavy atom. The fourth-order valence-corrected chi connectivity index (χ4v) is 9.08. The number of aliphatic hydroxyl groups is 1. The summed E-state index contributed by atoms with van der Waals surface area (Å²) in [7, 11) is 0. The van der Waals surface area contributed by atoms with Crippen LogP contribution in [0, 0.1) is 41.4 Å². The van der Waals surface area contributed by atoms with Crippen LogP contribution in [0.15, 0.2) is 30.3 Å². The van der Waals surface area contributed by atoms with Gasteiger partial charge in [0.2, 0.25) is 53.2 Å². The normalized spacial score (nSPS) is 16.5. The molecule has 0 aromatic heterocycles. The first kappa shape index (κ1) is 75.3. The molecule has 9 amide bonds. The van der Waals surface area contributed by atoms with Gasteiger partial charge in [-0.15, -0.1) is 0 Å². The summed E-state index contributed by atoms with van der Waals surface area (Å²) in [6, 6.07) is -4.56. The number of nitrogens with two attached hydrogens (primary N) is 1. The molecule has 476 valence electrons. The van der Waals surface area contributed by atoms with Crippen LogP contribution in [0.1, 0.15) is 167 Å². The lowest BCUT2D eigenvalue weighted by Gasteiger charge is -2.31. The Morgan fingerprint density at radius 2 is 0.714 bits per heavy atom. The number of hydrogen-bond donors (Lipinski definition) is 13. The van der Waals surface area contributed by atoms with E-state index in [1.807, 2.05) is 48.5 Å². The number of hydrogen-bond acceptors (Lipinski definition) is 13. The highest BCUT2D eigenvalue weighted by atomic mass is 16.4. The molecule has 0 saturated heterocycles. The van der Waals surface area contributed by atoms with Gasteiger partial charge in [0.1, 0.15) is 54.4 Å². The minimum absolute atomic E-state index is 0.00175. The number of carboxylic acids is 2. The van der Waals surface area contributed by atoms with E-state index in [1.54, 1.807) is 78.8 Å². The number of benzene rings is 1. The number of aliphatic hydroxyl groups excluding tert-OH is 1. The molecule has 0 aliphatic rings. The quantitative estimate of drug-likeness (QED) is 0.0451. The zero-order valence-electron chi connectivity index (χ0n) is 52.3. The van der Waals surface area contributed by atoms with Crippen molar-refractivity contribution in [2.45, 2.75) is 235 Å². The number of amides is 9. The van der Waals surface area contributed by atoms with E-state index in [-0.39, 0.29) is 61.7 Å². The lowest BCUT2D eigenvalue weighted by Crippen LogP contribution is -2.63. The van der Waals surface area contributed by atoms with Gasteiger partial charge < -0.3 is 68.9 Å². The molecule has 0 aliphatic carbocycles. The van der Waals surface area contributed by atoms with Crippen molar-refractivity contribution in [3.05, 3.63) is 35.9 Å². The zero-order valence-corrected chi connectivity index (χ0v) is 52.3. The Labute approximate surface area is 497 Å². The molecule has 0 fully saturated rings. The number of carboxylic acid groups (broad SMARTS) is 2. The van der Waals surface area contributed by atoms with Crippen LogP contribution in [0.4, 0.5) is 0 Å². The molecule has 0 unspecified atom stereocenters. The molecule has 0 spiro atoms. The smallest absolute Gasteiger partial charge is 0.326 e. The molecule has 0 radical (unpaired) electrons. The molecular weight excluding hydrogens is 1080 g/mol. The van der Waals surface area contributed by atoms with Gasteiger partial charge in [-0.2, -0.15) is 0 Å². The van der Waals surface area contributed by atoms with Crippen LogP contribution in [0.3, 0.4) is 0 Å². The zero-order chi connectivity index (χ0) is 64.3. The van der Waals surface area contributed by atoms with Crippen LogP contribution in [-0.2, 0) is 59.2 Å². The molecule has 0 aliphatic heterocycles. The van der Waals surface area contributed by atoms with Crippen LogP contribution in [-0.4, -0.2) is 147 Å². The molecule has 0 heterocycles. The second kappa shape index (κ2) is 37.6. The maximum atomic E-state index is 14.3. The lowest BCUT2D eigenvalue weighted by molar-refractivity contribution is -0.143. The number of rotatable bonds is 39. The third kappa shape index (κ3) is 26.9. The highest BCUT2D eigenvalue weighted by Gasteiger charge is 2.39. The third-order valence-corrected chi connectivity index (χ3v) is 14.7. The van der Waals surface area contributed by atoms with E-state index in [4.69, 9.17) is 5.73 Å². The van der Waals surface area contributed by atoms with E-state index in [0.717, 1.165) is 0 Å². The van der Waals surface area contributed by atoms with Crippen molar-refractivity contribution >= 4 is 65.1 Å². The van der Waals surface area contributed by atoms with Crippen LogP contribution in [0.5, 0.6) is 0 Å². The maximum absolute atomic E-state index is 14.3. The Morgan fingerprint density at radius 1 is 0.405 bits per heavy atom. The van der Waals surface area contributed by atoms with E-state index < -0.39 is 156 Å². The first-order chi connectivity index (χ1) is 39.2. The van der Waals surface area contributed by atoms with Crippen LogP contribution >= 0.6 is 0 Å². The summed E-state index contributed by atoms with van der Waals surface area (Å²) in [4.78, 5) is 150. The molecule has 0 bridgehead atoms.